The molecule has 47 heavy (non-hydrogen) atoms. The van der Waals surface area contributed by atoms with Crippen molar-refractivity contribution in [2.24, 2.45) is 5.10 Å². The number of nitrogens with zero attached hydrogens (tertiary/aromatic N) is 1. The number of rotatable bonds is 14. The Bertz CT molecular complexity index is 1850. The topological polar surface area (TPSA) is 115 Å². The third kappa shape index (κ3) is 9.94. The number of sulfonamides is 1. The average molecular weight is 650 g/mol. The summed E-state index contributed by atoms with van der Waals surface area (Å²) in [5.74, 6) is 0.577. The first-order valence-corrected chi connectivity index (χ1v) is 16.7. The zero-order valence-electron chi connectivity index (χ0n) is 26.1. The van der Waals surface area contributed by atoms with E-state index >= 15 is 0 Å². The quantitative estimate of drug-likeness (QED) is 0.0994. The lowest BCUT2D eigenvalue weighted by molar-refractivity contribution is 0.0953. The maximum atomic E-state index is 13.5. The molecule has 0 spiro atoms. The molecule has 0 heterocycles. The fraction of sp³-hybridized carbons (Fsp3) is 0.135. The fourth-order valence-electron chi connectivity index (χ4n) is 4.52. The van der Waals surface area contributed by atoms with E-state index < -0.39 is 15.9 Å². The molecule has 240 valence electrons. The molecule has 0 bridgehead atoms. The molecule has 0 unspecified atom stereocenters. The maximum absolute atomic E-state index is 13.5. The molecule has 0 aliphatic carbocycles. The van der Waals surface area contributed by atoms with Gasteiger partial charge in [-0.05, 0) is 53.4 Å². The lowest BCUT2D eigenvalue weighted by atomic mass is 10.1. The molecule has 1 amide bonds. The third-order valence-electron chi connectivity index (χ3n) is 6.91. The zero-order chi connectivity index (χ0) is 33.1. The summed E-state index contributed by atoms with van der Waals surface area (Å²) in [5.41, 5.74) is 7.37. The lowest BCUT2D eigenvalue weighted by Crippen LogP contribution is -2.20. The molecule has 5 aromatic carbocycles. The van der Waals surface area contributed by atoms with Gasteiger partial charge in [0, 0.05) is 11.3 Å². The molecule has 5 aromatic rings. The van der Waals surface area contributed by atoms with Gasteiger partial charge < -0.3 is 14.2 Å². The molecule has 0 atom stereocenters. The van der Waals surface area contributed by atoms with Crippen molar-refractivity contribution in [2.45, 2.75) is 26.7 Å². The molecule has 0 saturated carbocycles. The first-order chi connectivity index (χ1) is 22.7. The third-order valence-corrected chi connectivity index (χ3v) is 7.52. The molecule has 0 radical (unpaired) electrons. The van der Waals surface area contributed by atoms with E-state index in [-0.39, 0.29) is 25.4 Å². The number of carbonyl (C=O) groups is 1. The summed E-state index contributed by atoms with van der Waals surface area (Å²) in [6.07, 6.45) is 1.08. The van der Waals surface area contributed by atoms with E-state index in [1.54, 1.807) is 43.3 Å². The van der Waals surface area contributed by atoms with Gasteiger partial charge in [0.2, 0.25) is 15.8 Å². The summed E-state index contributed by atoms with van der Waals surface area (Å²) in [5, 5.41) is 4.29. The van der Waals surface area contributed by atoms with E-state index in [0.29, 0.717) is 34.2 Å². The van der Waals surface area contributed by atoms with Crippen molar-refractivity contribution < 1.29 is 27.4 Å². The van der Waals surface area contributed by atoms with Crippen molar-refractivity contribution in [2.75, 3.05) is 11.0 Å². The highest BCUT2D eigenvalue weighted by Gasteiger charge is 2.20. The van der Waals surface area contributed by atoms with Crippen LogP contribution in [0.3, 0.4) is 0 Å². The predicted molar refractivity (Wildman–Crippen MR) is 183 cm³/mol. The second-order valence-corrected chi connectivity index (χ2v) is 12.5. The van der Waals surface area contributed by atoms with Gasteiger partial charge in [0.25, 0.3) is 5.91 Å². The molecule has 2 N–H and O–H groups in total. The van der Waals surface area contributed by atoms with Gasteiger partial charge in [-0.3, -0.25) is 9.52 Å². The first-order valence-electron chi connectivity index (χ1n) is 14.8. The van der Waals surface area contributed by atoms with Crippen molar-refractivity contribution >= 4 is 27.3 Å². The van der Waals surface area contributed by atoms with Crippen LogP contribution >= 0.6 is 0 Å². The van der Waals surface area contributed by atoms with Crippen LogP contribution in [-0.4, -0.2) is 26.3 Å². The minimum absolute atomic E-state index is 0.243. The van der Waals surface area contributed by atoms with Crippen LogP contribution in [0.5, 0.6) is 17.2 Å². The van der Waals surface area contributed by atoms with Gasteiger partial charge in [-0.15, -0.1) is 0 Å². The van der Waals surface area contributed by atoms with Gasteiger partial charge >= 0.3 is 0 Å². The molecule has 0 aromatic heterocycles. The lowest BCUT2D eigenvalue weighted by Gasteiger charge is -2.19. The predicted octanol–water partition coefficient (Wildman–Crippen LogP) is 6.95. The van der Waals surface area contributed by atoms with Crippen LogP contribution in [0.25, 0.3) is 0 Å². The summed E-state index contributed by atoms with van der Waals surface area (Å²) >= 11 is 0. The van der Waals surface area contributed by atoms with Crippen LogP contribution in [0.2, 0.25) is 0 Å². The second kappa shape index (κ2) is 15.6. The molecule has 0 saturated heterocycles. The minimum Gasteiger partial charge on any atom is -0.485 e. The zero-order valence-corrected chi connectivity index (χ0v) is 26.9. The highest BCUT2D eigenvalue weighted by Crippen LogP contribution is 2.40. The van der Waals surface area contributed by atoms with Gasteiger partial charge in [0.15, 0.2) is 11.5 Å². The smallest absolute Gasteiger partial charge is 0.271 e. The van der Waals surface area contributed by atoms with Crippen molar-refractivity contribution in [3.8, 4) is 17.2 Å². The molecule has 9 nitrogen and oxygen atoms in total. The highest BCUT2D eigenvalue weighted by molar-refractivity contribution is 7.92. The van der Waals surface area contributed by atoms with Crippen LogP contribution in [0.15, 0.2) is 132 Å². The number of amides is 1. The maximum Gasteiger partial charge on any atom is 0.271 e. The number of hydrogen-bond acceptors (Lipinski definition) is 7. The summed E-state index contributed by atoms with van der Waals surface area (Å²) in [4.78, 5) is 13.5. The molecular weight excluding hydrogens is 614 g/mol. The van der Waals surface area contributed by atoms with E-state index in [0.717, 1.165) is 22.9 Å². The van der Waals surface area contributed by atoms with E-state index in [4.69, 9.17) is 14.2 Å². The van der Waals surface area contributed by atoms with Crippen LogP contribution in [-0.2, 0) is 29.8 Å². The van der Waals surface area contributed by atoms with Crippen LogP contribution in [0.4, 0.5) is 5.69 Å². The van der Waals surface area contributed by atoms with E-state index in [2.05, 4.69) is 15.2 Å². The normalized spacial score (nSPS) is 11.4. The Kier molecular flexibility index (Phi) is 10.9. The summed E-state index contributed by atoms with van der Waals surface area (Å²) < 4.78 is 44.3. The Labute approximate surface area is 274 Å². The summed E-state index contributed by atoms with van der Waals surface area (Å²) in [7, 11) is -3.40. The fourth-order valence-corrected chi connectivity index (χ4v) is 5.09. The molecular formula is C37H35N3O6S. The Balaban J connectivity index is 1.43. The number of anilines is 1. The van der Waals surface area contributed by atoms with Crippen LogP contribution in [0.1, 0.15) is 39.5 Å². The number of hydrazone groups is 1. The number of carbonyl (C=O) groups excluding carboxylic acids is 1. The molecule has 0 fully saturated rings. The molecule has 5 rings (SSSR count). The standard InChI is InChI=1S/C37H35N3O6S/c1-27(31-18-20-33(21-19-31)40-47(2,42)43)38-39-37(41)32-22-34(44-24-28-12-6-3-7-13-28)36(46-26-30-16-10-5-11-17-30)35(23-32)45-25-29-14-8-4-9-15-29/h3-23,40H,24-26H2,1-2H3,(H,39,41)/b38-27+. The van der Waals surface area contributed by atoms with Gasteiger partial charge in [-0.25, -0.2) is 13.8 Å². The van der Waals surface area contributed by atoms with Crippen molar-refractivity contribution in [3.63, 3.8) is 0 Å². The average Bonchev–Trinajstić information content (AvgIpc) is 3.08. The minimum atomic E-state index is -3.40. The number of nitrogens with one attached hydrogen (secondary N) is 2. The largest absolute Gasteiger partial charge is 0.485 e. The van der Waals surface area contributed by atoms with E-state index in [1.165, 1.54) is 0 Å². The monoisotopic (exact) mass is 649 g/mol. The van der Waals surface area contributed by atoms with Gasteiger partial charge in [0.1, 0.15) is 19.8 Å². The van der Waals surface area contributed by atoms with E-state index in [1.807, 2.05) is 91.0 Å². The molecule has 0 aliphatic heterocycles. The Morgan fingerprint density at radius 1 is 0.638 bits per heavy atom. The molecule has 0 aliphatic rings. The van der Waals surface area contributed by atoms with Crippen molar-refractivity contribution in [1.29, 1.82) is 0 Å². The van der Waals surface area contributed by atoms with E-state index in [9.17, 15) is 13.2 Å². The second-order valence-electron chi connectivity index (χ2n) is 10.7. The van der Waals surface area contributed by atoms with Crippen molar-refractivity contribution in [1.82, 2.24) is 5.43 Å². The Morgan fingerprint density at radius 2 is 1.09 bits per heavy atom. The summed E-state index contributed by atoms with van der Waals surface area (Å²) in [6.45, 7) is 2.49. The highest BCUT2D eigenvalue weighted by atomic mass is 32.2. The Morgan fingerprint density at radius 3 is 1.53 bits per heavy atom. The van der Waals surface area contributed by atoms with Gasteiger partial charge in [-0.1, -0.05) is 103 Å². The van der Waals surface area contributed by atoms with Gasteiger partial charge in [0.05, 0.1) is 12.0 Å². The van der Waals surface area contributed by atoms with Crippen LogP contribution in [0, 0.1) is 0 Å². The van der Waals surface area contributed by atoms with Crippen molar-refractivity contribution in [3.05, 3.63) is 155 Å². The number of hydrogen-bond donors (Lipinski definition) is 2. The number of benzene rings is 5. The van der Waals surface area contributed by atoms with Gasteiger partial charge in [-0.2, -0.15) is 5.10 Å². The first kappa shape index (κ1) is 32.8. The summed E-state index contributed by atoms with van der Waals surface area (Å²) in [6, 6.07) is 39.0. The number of ether oxygens (including phenoxy) is 3. The SMILES string of the molecule is C/C(=N\NC(=O)c1cc(OCc2ccccc2)c(OCc2ccccc2)c(OCc2ccccc2)c1)c1ccc(NS(C)(=O)=O)cc1. The molecule has 10 heteroatoms. The van der Waals surface area contributed by atoms with Crippen LogP contribution < -0.4 is 24.4 Å². The Hall–Kier alpha value is -5.61.